The largest absolute Gasteiger partial charge is 0.495 e. The molecule has 9 nitrogen and oxygen atoms in total. The number of anilines is 2. The van der Waals surface area contributed by atoms with Gasteiger partial charge >= 0.3 is 0 Å². The van der Waals surface area contributed by atoms with Gasteiger partial charge in [0.2, 0.25) is 21.8 Å². The van der Waals surface area contributed by atoms with Crippen LogP contribution in [0.15, 0.2) is 41.3 Å². The lowest BCUT2D eigenvalue weighted by atomic mass is 10.2. The first-order valence-corrected chi connectivity index (χ1v) is 10.0. The molecule has 0 saturated carbocycles. The Morgan fingerprint density at radius 2 is 1.52 bits per heavy atom. The Hall–Kier alpha value is -3.11. The van der Waals surface area contributed by atoms with E-state index in [-0.39, 0.29) is 16.5 Å². The predicted octanol–water partition coefficient (Wildman–Crippen LogP) is 1.89. The molecule has 10 heteroatoms. The van der Waals surface area contributed by atoms with Crippen molar-refractivity contribution in [1.29, 1.82) is 0 Å². The summed E-state index contributed by atoms with van der Waals surface area (Å²) in [5.74, 6) is -0.171. The lowest BCUT2D eigenvalue weighted by Crippen LogP contribution is -2.33. The lowest BCUT2D eigenvalue weighted by Gasteiger charge is -2.13. The second kappa shape index (κ2) is 9.39. The molecule has 0 atom stereocenters. The van der Waals surface area contributed by atoms with E-state index in [0.717, 1.165) is 5.56 Å². The van der Waals surface area contributed by atoms with Crippen LogP contribution in [-0.2, 0) is 19.6 Å². The average Bonchev–Trinajstić information content (AvgIpc) is 2.66. The third-order valence-corrected chi connectivity index (χ3v) is 5.24. The SMILES string of the molecule is COc1ccc(S(=O)(=O)NCC(=O)Nc2cc(C)ccc2OC)cc1NC(C)=O. The summed E-state index contributed by atoms with van der Waals surface area (Å²) in [6.07, 6.45) is 0. The van der Waals surface area contributed by atoms with E-state index in [1.807, 2.05) is 13.0 Å². The van der Waals surface area contributed by atoms with E-state index in [4.69, 9.17) is 9.47 Å². The van der Waals surface area contributed by atoms with Crippen LogP contribution in [0.4, 0.5) is 11.4 Å². The Labute approximate surface area is 169 Å². The van der Waals surface area contributed by atoms with Crippen LogP contribution in [0.3, 0.4) is 0 Å². The zero-order valence-corrected chi connectivity index (χ0v) is 17.3. The van der Waals surface area contributed by atoms with Crippen molar-refractivity contribution in [2.75, 3.05) is 31.4 Å². The summed E-state index contributed by atoms with van der Waals surface area (Å²) in [4.78, 5) is 23.4. The fourth-order valence-electron chi connectivity index (χ4n) is 2.50. The monoisotopic (exact) mass is 421 g/mol. The maximum atomic E-state index is 12.5. The molecule has 0 aliphatic carbocycles. The Bertz CT molecular complexity index is 1020. The normalized spacial score (nSPS) is 10.9. The van der Waals surface area contributed by atoms with E-state index >= 15 is 0 Å². The number of benzene rings is 2. The van der Waals surface area contributed by atoms with Gasteiger partial charge in [-0.3, -0.25) is 9.59 Å². The van der Waals surface area contributed by atoms with Crippen molar-refractivity contribution in [3.63, 3.8) is 0 Å². The number of ether oxygens (including phenoxy) is 2. The molecule has 0 bridgehead atoms. The van der Waals surface area contributed by atoms with Crippen LogP contribution in [0.5, 0.6) is 11.5 Å². The summed E-state index contributed by atoms with van der Waals surface area (Å²) < 4.78 is 37.6. The third-order valence-electron chi connectivity index (χ3n) is 3.84. The highest BCUT2D eigenvalue weighted by atomic mass is 32.2. The molecule has 2 rings (SSSR count). The molecular formula is C19H23N3O6S. The van der Waals surface area contributed by atoms with Crippen LogP contribution >= 0.6 is 0 Å². The molecule has 0 aliphatic rings. The number of carbonyl (C=O) groups is 2. The molecular weight excluding hydrogens is 398 g/mol. The fourth-order valence-corrected chi connectivity index (χ4v) is 3.51. The second-order valence-corrected chi connectivity index (χ2v) is 7.89. The third kappa shape index (κ3) is 5.93. The van der Waals surface area contributed by atoms with Gasteiger partial charge in [-0.05, 0) is 42.8 Å². The highest BCUT2D eigenvalue weighted by Crippen LogP contribution is 2.28. The summed E-state index contributed by atoms with van der Waals surface area (Å²) in [6.45, 7) is 2.66. The fraction of sp³-hybridized carbons (Fsp3) is 0.263. The molecule has 0 heterocycles. The minimum atomic E-state index is -4.00. The van der Waals surface area contributed by atoms with Gasteiger partial charge in [-0.1, -0.05) is 6.07 Å². The van der Waals surface area contributed by atoms with E-state index in [2.05, 4.69) is 15.4 Å². The smallest absolute Gasteiger partial charge is 0.241 e. The molecule has 2 amide bonds. The molecule has 0 saturated heterocycles. The number of methoxy groups -OCH3 is 2. The Morgan fingerprint density at radius 1 is 0.931 bits per heavy atom. The van der Waals surface area contributed by atoms with Crippen LogP contribution in [0.25, 0.3) is 0 Å². The van der Waals surface area contributed by atoms with Crippen molar-refractivity contribution in [2.24, 2.45) is 0 Å². The van der Waals surface area contributed by atoms with Crippen molar-refractivity contribution in [2.45, 2.75) is 18.7 Å². The summed E-state index contributed by atoms with van der Waals surface area (Å²) in [6, 6.07) is 9.23. The maximum Gasteiger partial charge on any atom is 0.241 e. The van der Waals surface area contributed by atoms with E-state index in [9.17, 15) is 18.0 Å². The van der Waals surface area contributed by atoms with Crippen molar-refractivity contribution in [3.8, 4) is 11.5 Å². The minimum Gasteiger partial charge on any atom is -0.495 e. The first-order valence-electron chi connectivity index (χ1n) is 8.56. The number of rotatable bonds is 8. The number of hydrogen-bond donors (Lipinski definition) is 3. The first-order chi connectivity index (χ1) is 13.7. The lowest BCUT2D eigenvalue weighted by molar-refractivity contribution is -0.115. The summed E-state index contributed by atoms with van der Waals surface area (Å²) in [7, 11) is -1.13. The Morgan fingerprint density at radius 3 is 2.10 bits per heavy atom. The van der Waals surface area contributed by atoms with Crippen LogP contribution in [0.2, 0.25) is 0 Å². The van der Waals surface area contributed by atoms with Gasteiger partial charge in [-0.15, -0.1) is 0 Å². The molecule has 0 aromatic heterocycles. The zero-order chi connectivity index (χ0) is 21.6. The molecule has 0 radical (unpaired) electrons. The quantitative estimate of drug-likeness (QED) is 0.598. The summed E-state index contributed by atoms with van der Waals surface area (Å²) in [5, 5.41) is 5.12. The maximum absolute atomic E-state index is 12.5. The second-order valence-electron chi connectivity index (χ2n) is 6.12. The van der Waals surface area contributed by atoms with Crippen LogP contribution in [0.1, 0.15) is 12.5 Å². The zero-order valence-electron chi connectivity index (χ0n) is 16.5. The number of sulfonamides is 1. The first kappa shape index (κ1) is 22.2. The molecule has 2 aromatic rings. The topological polar surface area (TPSA) is 123 Å². The minimum absolute atomic E-state index is 0.122. The standard InChI is InChI=1S/C19H23N3O6S/c1-12-5-7-17(27-3)15(9-12)22-19(24)11-20-29(25,26)14-6-8-18(28-4)16(10-14)21-13(2)23/h5-10,20H,11H2,1-4H3,(H,21,23)(H,22,24). The predicted molar refractivity (Wildman–Crippen MR) is 109 cm³/mol. The highest BCUT2D eigenvalue weighted by Gasteiger charge is 2.19. The van der Waals surface area contributed by atoms with Gasteiger partial charge in [0.05, 0.1) is 37.0 Å². The molecule has 2 aromatic carbocycles. The van der Waals surface area contributed by atoms with E-state index in [1.165, 1.54) is 39.3 Å². The molecule has 0 unspecified atom stereocenters. The molecule has 156 valence electrons. The van der Waals surface area contributed by atoms with Crippen LogP contribution in [0, 0.1) is 6.92 Å². The molecule has 0 spiro atoms. The van der Waals surface area contributed by atoms with Gasteiger partial charge in [0.1, 0.15) is 11.5 Å². The number of hydrogen-bond acceptors (Lipinski definition) is 6. The van der Waals surface area contributed by atoms with E-state index in [1.54, 1.807) is 12.1 Å². The van der Waals surface area contributed by atoms with Gasteiger partial charge in [-0.2, -0.15) is 0 Å². The molecule has 0 aliphatic heterocycles. The molecule has 3 N–H and O–H groups in total. The van der Waals surface area contributed by atoms with Crippen LogP contribution < -0.4 is 24.8 Å². The summed E-state index contributed by atoms with van der Waals surface area (Å²) in [5.41, 5.74) is 1.55. The number of aryl methyl sites for hydroxylation is 1. The number of amides is 2. The number of nitrogens with one attached hydrogen (secondary N) is 3. The van der Waals surface area contributed by atoms with E-state index < -0.39 is 22.5 Å². The van der Waals surface area contributed by atoms with Crippen molar-refractivity contribution < 1.29 is 27.5 Å². The number of carbonyl (C=O) groups excluding carboxylic acids is 2. The highest BCUT2D eigenvalue weighted by molar-refractivity contribution is 7.89. The van der Waals surface area contributed by atoms with Gasteiger partial charge in [0.15, 0.2) is 0 Å². The van der Waals surface area contributed by atoms with Crippen molar-refractivity contribution in [1.82, 2.24) is 4.72 Å². The van der Waals surface area contributed by atoms with Gasteiger partial charge in [0.25, 0.3) is 0 Å². The average molecular weight is 421 g/mol. The Kier molecular flexibility index (Phi) is 7.18. The van der Waals surface area contributed by atoms with Gasteiger partial charge in [-0.25, -0.2) is 13.1 Å². The Balaban J connectivity index is 2.12. The molecule has 29 heavy (non-hydrogen) atoms. The van der Waals surface area contributed by atoms with Crippen molar-refractivity contribution >= 4 is 33.2 Å². The summed E-state index contributed by atoms with van der Waals surface area (Å²) >= 11 is 0. The van der Waals surface area contributed by atoms with Gasteiger partial charge < -0.3 is 20.1 Å². The van der Waals surface area contributed by atoms with E-state index in [0.29, 0.717) is 17.2 Å². The van der Waals surface area contributed by atoms with Gasteiger partial charge in [0, 0.05) is 6.92 Å². The van der Waals surface area contributed by atoms with Crippen LogP contribution in [-0.4, -0.2) is 41.0 Å². The molecule has 0 fully saturated rings. The van der Waals surface area contributed by atoms with Crippen molar-refractivity contribution in [3.05, 3.63) is 42.0 Å².